The summed E-state index contributed by atoms with van der Waals surface area (Å²) < 4.78 is 51.1. The molecule has 0 spiro atoms. The number of halogens is 3. The Balaban J connectivity index is 1.65. The van der Waals surface area contributed by atoms with E-state index in [1.807, 2.05) is 0 Å². The average molecular weight is 519 g/mol. The molecule has 0 heterocycles. The molecule has 1 fully saturated rings. The largest absolute Gasteiger partial charge is 0.491 e. The van der Waals surface area contributed by atoms with Gasteiger partial charge >= 0.3 is 0 Å². The molecule has 1 aliphatic carbocycles. The quantitative estimate of drug-likeness (QED) is 0.241. The predicted octanol–water partition coefficient (Wildman–Crippen LogP) is 2.77. The SMILES string of the molecule is C=c1cc(OCCOC)cc(F)/c1=C(/N=C\C)Nc1ccc(NC(=O)CC(=O)NC2CC(F)(F)C2)cc1. The summed E-state index contributed by atoms with van der Waals surface area (Å²) in [5.41, 5.74) is 0.974. The highest BCUT2D eigenvalue weighted by Crippen LogP contribution is 2.37. The van der Waals surface area contributed by atoms with E-state index in [0.29, 0.717) is 28.9 Å². The van der Waals surface area contributed by atoms with Gasteiger partial charge in [-0.15, -0.1) is 0 Å². The minimum Gasteiger partial charge on any atom is -0.491 e. The average Bonchev–Trinajstić information content (AvgIpc) is 2.79. The number of methoxy groups -OCH3 is 1. The van der Waals surface area contributed by atoms with Gasteiger partial charge in [-0.2, -0.15) is 0 Å². The summed E-state index contributed by atoms with van der Waals surface area (Å²) in [5.74, 6) is -3.97. The number of hydrogen-bond donors (Lipinski definition) is 3. The molecular formula is C26H29F3N4O4. The molecule has 0 bridgehead atoms. The second-order valence-electron chi connectivity index (χ2n) is 8.47. The summed E-state index contributed by atoms with van der Waals surface area (Å²) in [6.45, 7) is 6.24. The van der Waals surface area contributed by atoms with Gasteiger partial charge in [0.05, 0.1) is 11.8 Å². The van der Waals surface area contributed by atoms with Gasteiger partial charge in [0.2, 0.25) is 11.8 Å². The van der Waals surface area contributed by atoms with Gasteiger partial charge in [0.25, 0.3) is 5.92 Å². The van der Waals surface area contributed by atoms with Gasteiger partial charge in [-0.25, -0.2) is 18.2 Å². The van der Waals surface area contributed by atoms with Crippen LogP contribution < -0.4 is 31.1 Å². The molecule has 0 unspecified atom stereocenters. The van der Waals surface area contributed by atoms with Crippen LogP contribution in [0.4, 0.5) is 24.5 Å². The summed E-state index contributed by atoms with van der Waals surface area (Å²) in [4.78, 5) is 28.3. The summed E-state index contributed by atoms with van der Waals surface area (Å²) in [7, 11) is 1.54. The number of carbonyl (C=O) groups is 2. The number of ether oxygens (including phenoxy) is 2. The first-order chi connectivity index (χ1) is 17.6. The molecule has 0 aromatic heterocycles. The van der Waals surface area contributed by atoms with Crippen LogP contribution in [0.5, 0.6) is 5.75 Å². The molecule has 11 heteroatoms. The minimum absolute atomic E-state index is 0.171. The zero-order chi connectivity index (χ0) is 27.0. The molecule has 2 amide bonds. The van der Waals surface area contributed by atoms with E-state index in [2.05, 4.69) is 27.5 Å². The fraction of sp³-hybridized carbons (Fsp3) is 0.346. The zero-order valence-electron chi connectivity index (χ0n) is 20.6. The van der Waals surface area contributed by atoms with Crippen LogP contribution in [0.3, 0.4) is 0 Å². The maximum Gasteiger partial charge on any atom is 0.252 e. The first-order valence-electron chi connectivity index (χ1n) is 11.6. The Morgan fingerprint density at radius 3 is 2.32 bits per heavy atom. The zero-order valence-corrected chi connectivity index (χ0v) is 20.6. The highest BCUT2D eigenvalue weighted by molar-refractivity contribution is 6.03. The maximum atomic E-state index is 14.9. The molecule has 198 valence electrons. The lowest BCUT2D eigenvalue weighted by Crippen LogP contribution is -2.50. The molecule has 0 radical (unpaired) electrons. The Morgan fingerprint density at radius 2 is 1.76 bits per heavy atom. The molecule has 3 N–H and O–H groups in total. The number of nitrogens with zero attached hydrogens (tertiary/aromatic N) is 1. The van der Waals surface area contributed by atoms with Crippen LogP contribution in [-0.4, -0.2) is 50.3 Å². The molecule has 8 nitrogen and oxygen atoms in total. The van der Waals surface area contributed by atoms with Gasteiger partial charge in [-0.1, -0.05) is 6.58 Å². The summed E-state index contributed by atoms with van der Waals surface area (Å²) >= 11 is 0. The Hall–Kier alpha value is -3.86. The maximum absolute atomic E-state index is 14.9. The van der Waals surface area contributed by atoms with E-state index in [4.69, 9.17) is 9.47 Å². The van der Waals surface area contributed by atoms with E-state index in [0.717, 1.165) is 0 Å². The third kappa shape index (κ3) is 8.07. The van der Waals surface area contributed by atoms with Crippen molar-refractivity contribution in [2.45, 2.75) is 38.2 Å². The van der Waals surface area contributed by atoms with Gasteiger partial charge < -0.3 is 25.4 Å². The van der Waals surface area contributed by atoms with Crippen molar-refractivity contribution in [1.82, 2.24) is 5.32 Å². The Labute approximate surface area is 212 Å². The minimum atomic E-state index is -2.75. The first kappa shape index (κ1) is 27.7. The second-order valence-corrected chi connectivity index (χ2v) is 8.47. The number of amides is 2. The van der Waals surface area contributed by atoms with Crippen LogP contribution in [0.2, 0.25) is 0 Å². The predicted molar refractivity (Wildman–Crippen MR) is 136 cm³/mol. The smallest absolute Gasteiger partial charge is 0.252 e. The van der Waals surface area contributed by atoms with E-state index in [-0.39, 0.29) is 17.6 Å². The van der Waals surface area contributed by atoms with Crippen molar-refractivity contribution >= 4 is 41.8 Å². The number of aliphatic imine (C=N–C) groups is 1. The van der Waals surface area contributed by atoms with Gasteiger partial charge in [-0.3, -0.25) is 9.59 Å². The number of alkyl halides is 2. The van der Waals surface area contributed by atoms with E-state index < -0.39 is 48.9 Å². The van der Waals surface area contributed by atoms with E-state index in [1.165, 1.54) is 12.3 Å². The molecule has 2 aromatic rings. The fourth-order valence-electron chi connectivity index (χ4n) is 3.68. The van der Waals surface area contributed by atoms with Crippen LogP contribution in [0.15, 0.2) is 41.4 Å². The van der Waals surface area contributed by atoms with Crippen LogP contribution in [0.1, 0.15) is 26.2 Å². The van der Waals surface area contributed by atoms with Crippen LogP contribution in [0.25, 0.3) is 12.4 Å². The number of rotatable bonds is 11. The van der Waals surface area contributed by atoms with Gasteiger partial charge in [0, 0.05) is 49.6 Å². The topological polar surface area (TPSA) is 101 Å². The van der Waals surface area contributed by atoms with Crippen molar-refractivity contribution in [3.63, 3.8) is 0 Å². The Morgan fingerprint density at radius 1 is 1.11 bits per heavy atom. The monoisotopic (exact) mass is 518 g/mol. The molecule has 1 saturated carbocycles. The molecule has 2 aromatic carbocycles. The normalized spacial score (nSPS) is 15.6. The molecule has 1 aliphatic rings. The molecule has 0 saturated heterocycles. The number of carbonyl (C=O) groups excluding carboxylic acids is 2. The van der Waals surface area contributed by atoms with Crippen LogP contribution >= 0.6 is 0 Å². The van der Waals surface area contributed by atoms with Crippen LogP contribution in [0, 0.1) is 5.82 Å². The second kappa shape index (κ2) is 12.4. The standard InChI is InChI=1S/C26H29F3N4O4/c1-4-30-25(24-16(2)11-20(12-21(24)27)37-10-9-36-3)33-18-7-5-17(6-8-18)31-22(34)13-23(35)32-19-14-26(28,29)15-19/h4-8,11-12,19,33H,2,9-10,13-15H2,1,3H3,(H,31,34)(H,32,35)/b25-24-,30-4-. The summed E-state index contributed by atoms with van der Waals surface area (Å²) in [6, 6.07) is 8.70. The van der Waals surface area contributed by atoms with E-state index in [1.54, 1.807) is 44.4 Å². The fourth-order valence-corrected chi connectivity index (χ4v) is 3.68. The van der Waals surface area contributed by atoms with Crippen molar-refractivity contribution < 1.29 is 32.2 Å². The lowest BCUT2D eigenvalue weighted by atomic mass is 9.88. The van der Waals surface area contributed by atoms with Crippen molar-refractivity contribution in [3.05, 3.63) is 52.7 Å². The molecule has 0 atom stereocenters. The lowest BCUT2D eigenvalue weighted by molar-refractivity contribution is -0.132. The summed E-state index contributed by atoms with van der Waals surface area (Å²) in [5, 5.41) is 8.58. The van der Waals surface area contributed by atoms with Gasteiger partial charge in [-0.05, 0) is 42.5 Å². The first-order valence-corrected chi connectivity index (χ1v) is 11.6. The van der Waals surface area contributed by atoms with E-state index >= 15 is 0 Å². The van der Waals surface area contributed by atoms with Crippen molar-refractivity contribution in [2.75, 3.05) is 31.0 Å². The number of nitrogens with one attached hydrogen (secondary N) is 3. The molecular weight excluding hydrogens is 489 g/mol. The van der Waals surface area contributed by atoms with Crippen molar-refractivity contribution in [2.24, 2.45) is 4.99 Å². The van der Waals surface area contributed by atoms with Crippen molar-refractivity contribution in [1.29, 1.82) is 0 Å². The van der Waals surface area contributed by atoms with Crippen LogP contribution in [-0.2, 0) is 14.3 Å². The third-order valence-electron chi connectivity index (χ3n) is 5.40. The lowest BCUT2D eigenvalue weighted by Gasteiger charge is -2.35. The van der Waals surface area contributed by atoms with Gasteiger partial charge in [0.15, 0.2) is 0 Å². The van der Waals surface area contributed by atoms with E-state index in [9.17, 15) is 22.8 Å². The van der Waals surface area contributed by atoms with Crippen molar-refractivity contribution in [3.8, 4) is 5.75 Å². The Kier molecular flexibility index (Phi) is 9.29. The number of hydrogen-bond acceptors (Lipinski definition) is 6. The third-order valence-corrected chi connectivity index (χ3v) is 5.40. The molecule has 3 rings (SSSR count). The number of anilines is 2. The summed E-state index contributed by atoms with van der Waals surface area (Å²) in [6.07, 6.45) is 0.194. The molecule has 37 heavy (non-hydrogen) atoms. The molecule has 0 aliphatic heterocycles. The highest BCUT2D eigenvalue weighted by Gasteiger charge is 2.45. The van der Waals surface area contributed by atoms with Gasteiger partial charge in [0.1, 0.15) is 30.4 Å². The Bertz CT molecular complexity index is 1260. The number of benzene rings is 2. The highest BCUT2D eigenvalue weighted by atomic mass is 19.3.